The van der Waals surface area contributed by atoms with E-state index in [2.05, 4.69) is 25.7 Å². The maximum absolute atomic E-state index is 11.9. The van der Waals surface area contributed by atoms with Crippen molar-refractivity contribution in [1.29, 1.82) is 0 Å². The summed E-state index contributed by atoms with van der Waals surface area (Å²) in [4.78, 5) is 14.3. The molecule has 1 aliphatic heterocycles. The Labute approximate surface area is 105 Å². The predicted molar refractivity (Wildman–Crippen MR) is 68.0 cm³/mol. The zero-order valence-electron chi connectivity index (χ0n) is 11.4. The van der Waals surface area contributed by atoms with Gasteiger partial charge in [0.25, 0.3) is 0 Å². The number of carbonyl (C=O) groups excluding carboxylic acids is 1. The molecule has 17 heavy (non-hydrogen) atoms. The van der Waals surface area contributed by atoms with Gasteiger partial charge in [-0.3, -0.25) is 9.69 Å². The van der Waals surface area contributed by atoms with Gasteiger partial charge < -0.3 is 4.74 Å². The van der Waals surface area contributed by atoms with Crippen molar-refractivity contribution in [3.63, 3.8) is 0 Å². The van der Waals surface area contributed by atoms with Gasteiger partial charge in [0.05, 0.1) is 12.2 Å². The highest BCUT2D eigenvalue weighted by Crippen LogP contribution is 2.27. The summed E-state index contributed by atoms with van der Waals surface area (Å²) < 4.78 is 5.71. The quantitative estimate of drug-likeness (QED) is 0.739. The molecule has 98 valence electrons. The maximum atomic E-state index is 11.9. The molecule has 3 nitrogen and oxygen atoms in total. The third-order valence-electron chi connectivity index (χ3n) is 4.01. The molecule has 2 unspecified atom stereocenters. The first kappa shape index (κ1) is 13.0. The van der Waals surface area contributed by atoms with E-state index in [9.17, 15) is 4.79 Å². The number of hydrogen-bond donors (Lipinski definition) is 0. The number of nitrogens with zero attached hydrogens (tertiary/aromatic N) is 1. The van der Waals surface area contributed by atoms with Gasteiger partial charge in [0.15, 0.2) is 0 Å². The molecule has 0 bridgehead atoms. The molecule has 0 aromatic rings. The number of Topliss-reactive ketones (excluding diaryl/α,β-unsaturated/α-hetero) is 1. The number of ether oxygens (including phenoxy) is 1. The number of ketones is 1. The summed E-state index contributed by atoms with van der Waals surface area (Å²) in [6.07, 6.45) is 2.96. The molecule has 3 heteroatoms. The predicted octanol–water partition coefficient (Wildman–Crippen LogP) is 2.10. The van der Waals surface area contributed by atoms with Crippen LogP contribution in [-0.4, -0.2) is 42.5 Å². The van der Waals surface area contributed by atoms with Crippen molar-refractivity contribution in [1.82, 2.24) is 4.90 Å². The lowest BCUT2D eigenvalue weighted by Crippen LogP contribution is -2.50. The van der Waals surface area contributed by atoms with Crippen LogP contribution in [-0.2, 0) is 9.53 Å². The third kappa shape index (κ3) is 3.52. The summed E-state index contributed by atoms with van der Waals surface area (Å²) in [7, 11) is 0. The topological polar surface area (TPSA) is 29.5 Å². The summed E-state index contributed by atoms with van der Waals surface area (Å²) in [6.45, 7) is 10.2. The monoisotopic (exact) mass is 239 g/mol. The van der Waals surface area contributed by atoms with Gasteiger partial charge in [0.1, 0.15) is 5.78 Å². The molecule has 2 rings (SSSR count). The van der Waals surface area contributed by atoms with Crippen LogP contribution in [0.5, 0.6) is 0 Å². The SMILES string of the molecule is CC1CCC(=O)C(CN2CCOC(C)(C)C2)C1. The maximum Gasteiger partial charge on any atom is 0.137 e. The second-order valence-electron chi connectivity index (χ2n) is 6.39. The normalized spacial score (nSPS) is 34.9. The molecule has 2 aliphatic rings. The molecule has 1 saturated heterocycles. The van der Waals surface area contributed by atoms with E-state index in [1.807, 2.05) is 0 Å². The van der Waals surface area contributed by atoms with Crippen molar-refractivity contribution in [2.75, 3.05) is 26.2 Å². The Kier molecular flexibility index (Phi) is 3.88. The van der Waals surface area contributed by atoms with E-state index in [1.165, 1.54) is 0 Å². The Balaban J connectivity index is 1.89. The largest absolute Gasteiger partial charge is 0.373 e. The fourth-order valence-electron chi connectivity index (χ4n) is 3.09. The van der Waals surface area contributed by atoms with Gasteiger partial charge in [-0.1, -0.05) is 6.92 Å². The summed E-state index contributed by atoms with van der Waals surface area (Å²) >= 11 is 0. The van der Waals surface area contributed by atoms with Gasteiger partial charge in [0.2, 0.25) is 0 Å². The van der Waals surface area contributed by atoms with Crippen molar-refractivity contribution in [2.45, 2.75) is 45.6 Å². The lowest BCUT2D eigenvalue weighted by molar-refractivity contribution is -0.129. The minimum Gasteiger partial charge on any atom is -0.373 e. The Morgan fingerprint density at radius 2 is 2.24 bits per heavy atom. The first-order valence-corrected chi connectivity index (χ1v) is 6.85. The number of morpholine rings is 1. The van der Waals surface area contributed by atoms with E-state index in [0.717, 1.165) is 45.5 Å². The molecule has 1 heterocycles. The molecule has 0 spiro atoms. The van der Waals surface area contributed by atoms with Crippen molar-refractivity contribution >= 4 is 5.78 Å². The summed E-state index contributed by atoms with van der Waals surface area (Å²) in [6, 6.07) is 0. The second-order valence-corrected chi connectivity index (χ2v) is 6.39. The molecule has 1 aliphatic carbocycles. The van der Waals surface area contributed by atoms with Crippen molar-refractivity contribution in [3.8, 4) is 0 Å². The Morgan fingerprint density at radius 1 is 1.47 bits per heavy atom. The zero-order chi connectivity index (χ0) is 12.5. The van der Waals surface area contributed by atoms with Crippen LogP contribution >= 0.6 is 0 Å². The summed E-state index contributed by atoms with van der Waals surface area (Å²) in [5, 5.41) is 0. The fourth-order valence-corrected chi connectivity index (χ4v) is 3.09. The molecule has 0 aromatic carbocycles. The molecular formula is C14H25NO2. The van der Waals surface area contributed by atoms with Crippen LogP contribution in [0.15, 0.2) is 0 Å². The Hall–Kier alpha value is -0.410. The molecule has 0 radical (unpaired) electrons. The van der Waals surface area contributed by atoms with Gasteiger partial charge in [-0.25, -0.2) is 0 Å². The molecule has 0 amide bonds. The zero-order valence-corrected chi connectivity index (χ0v) is 11.4. The van der Waals surface area contributed by atoms with Gasteiger partial charge >= 0.3 is 0 Å². The second kappa shape index (κ2) is 5.07. The van der Waals surface area contributed by atoms with Gasteiger partial charge in [-0.15, -0.1) is 0 Å². The van der Waals surface area contributed by atoms with Gasteiger partial charge in [-0.05, 0) is 32.6 Å². The van der Waals surface area contributed by atoms with Crippen LogP contribution in [0.2, 0.25) is 0 Å². The third-order valence-corrected chi connectivity index (χ3v) is 4.01. The van der Waals surface area contributed by atoms with Crippen molar-refractivity contribution in [2.24, 2.45) is 11.8 Å². The minimum atomic E-state index is -0.0540. The standard InChI is InChI=1S/C14H25NO2/c1-11-4-5-13(16)12(8-11)9-15-6-7-17-14(2,3)10-15/h11-12H,4-10H2,1-3H3. The highest BCUT2D eigenvalue weighted by Gasteiger charge is 2.32. The first-order chi connectivity index (χ1) is 7.96. The fraction of sp³-hybridized carbons (Fsp3) is 0.929. The number of hydrogen-bond acceptors (Lipinski definition) is 3. The Morgan fingerprint density at radius 3 is 2.94 bits per heavy atom. The van der Waals surface area contributed by atoms with Gasteiger partial charge in [0, 0.05) is 32.0 Å². The summed E-state index contributed by atoms with van der Waals surface area (Å²) in [5.41, 5.74) is -0.0540. The van der Waals surface area contributed by atoms with E-state index in [-0.39, 0.29) is 11.5 Å². The molecule has 1 saturated carbocycles. The van der Waals surface area contributed by atoms with Crippen LogP contribution in [0.4, 0.5) is 0 Å². The van der Waals surface area contributed by atoms with Crippen LogP contribution < -0.4 is 0 Å². The average molecular weight is 239 g/mol. The van der Waals surface area contributed by atoms with E-state index in [1.54, 1.807) is 0 Å². The molecule has 2 atom stereocenters. The van der Waals surface area contributed by atoms with Crippen molar-refractivity contribution in [3.05, 3.63) is 0 Å². The van der Waals surface area contributed by atoms with Crippen LogP contribution in [0, 0.1) is 11.8 Å². The smallest absolute Gasteiger partial charge is 0.137 e. The molecular weight excluding hydrogens is 214 g/mol. The molecule has 0 aromatic heterocycles. The summed E-state index contributed by atoms with van der Waals surface area (Å²) in [5.74, 6) is 1.46. The van der Waals surface area contributed by atoms with Gasteiger partial charge in [-0.2, -0.15) is 0 Å². The highest BCUT2D eigenvalue weighted by atomic mass is 16.5. The van der Waals surface area contributed by atoms with E-state index in [0.29, 0.717) is 11.7 Å². The highest BCUT2D eigenvalue weighted by molar-refractivity contribution is 5.81. The van der Waals surface area contributed by atoms with Crippen LogP contribution in [0.1, 0.15) is 40.0 Å². The van der Waals surface area contributed by atoms with Crippen LogP contribution in [0.25, 0.3) is 0 Å². The Bertz CT molecular complexity index is 288. The molecule has 0 N–H and O–H groups in total. The van der Waals surface area contributed by atoms with E-state index in [4.69, 9.17) is 4.74 Å². The van der Waals surface area contributed by atoms with Crippen LogP contribution in [0.3, 0.4) is 0 Å². The van der Waals surface area contributed by atoms with Crippen molar-refractivity contribution < 1.29 is 9.53 Å². The average Bonchev–Trinajstić information content (AvgIpc) is 2.22. The minimum absolute atomic E-state index is 0.0540. The first-order valence-electron chi connectivity index (χ1n) is 6.85. The number of carbonyl (C=O) groups is 1. The van der Waals surface area contributed by atoms with E-state index < -0.39 is 0 Å². The molecule has 2 fully saturated rings. The lowest BCUT2D eigenvalue weighted by atomic mass is 9.81. The lowest BCUT2D eigenvalue weighted by Gasteiger charge is -2.40. The van der Waals surface area contributed by atoms with E-state index >= 15 is 0 Å². The number of rotatable bonds is 2.